The molecule has 3 atom stereocenters. The number of hydrogen-bond acceptors (Lipinski definition) is 3. The first-order chi connectivity index (χ1) is 18.1. The smallest absolute Gasteiger partial charge is 0.317 e. The van der Waals surface area contributed by atoms with Gasteiger partial charge in [-0.1, -0.05) is 42.5 Å². The van der Waals surface area contributed by atoms with Crippen LogP contribution >= 0.6 is 0 Å². The Morgan fingerprint density at radius 1 is 1.03 bits per heavy atom. The van der Waals surface area contributed by atoms with Crippen molar-refractivity contribution in [2.75, 3.05) is 18.8 Å². The SMILES string of the molecule is CC[S+]([O-])c1ccc(CNC(=O)N2CC(c3ccccc3)C(c3cc(C4CC4)nn3CC3CC3)C2)cc1. The number of rotatable bonds is 9. The fraction of sp³-hybridized carbons (Fsp3) is 0.467. The second-order valence-electron chi connectivity index (χ2n) is 10.9. The number of aromatic nitrogens is 2. The van der Waals surface area contributed by atoms with Crippen molar-refractivity contribution in [2.45, 2.75) is 68.3 Å². The van der Waals surface area contributed by atoms with E-state index in [9.17, 15) is 9.35 Å². The van der Waals surface area contributed by atoms with Crippen LogP contribution in [0.25, 0.3) is 0 Å². The van der Waals surface area contributed by atoms with Gasteiger partial charge in [0.1, 0.15) is 5.75 Å². The number of amides is 2. The summed E-state index contributed by atoms with van der Waals surface area (Å²) in [6, 6.07) is 20.7. The second kappa shape index (κ2) is 10.5. The minimum Gasteiger partial charge on any atom is -0.611 e. The molecule has 6 rings (SSSR count). The van der Waals surface area contributed by atoms with Gasteiger partial charge >= 0.3 is 6.03 Å². The summed E-state index contributed by atoms with van der Waals surface area (Å²) in [7, 11) is 0. The Morgan fingerprint density at radius 2 is 1.76 bits per heavy atom. The molecule has 194 valence electrons. The van der Waals surface area contributed by atoms with Gasteiger partial charge in [0.2, 0.25) is 0 Å². The molecule has 3 aliphatic rings. The van der Waals surface area contributed by atoms with Gasteiger partial charge in [-0.15, -0.1) is 0 Å². The van der Waals surface area contributed by atoms with Crippen molar-refractivity contribution in [1.82, 2.24) is 20.0 Å². The molecule has 0 bridgehead atoms. The largest absolute Gasteiger partial charge is 0.611 e. The lowest BCUT2D eigenvalue weighted by atomic mass is 9.86. The van der Waals surface area contributed by atoms with E-state index in [0.717, 1.165) is 22.9 Å². The minimum atomic E-state index is -0.960. The fourth-order valence-electron chi connectivity index (χ4n) is 5.54. The number of carbonyl (C=O) groups is 1. The molecule has 3 fully saturated rings. The summed E-state index contributed by atoms with van der Waals surface area (Å²) >= 11 is -0.960. The van der Waals surface area contributed by atoms with Crippen molar-refractivity contribution >= 4 is 17.2 Å². The summed E-state index contributed by atoms with van der Waals surface area (Å²) in [5.74, 6) is 2.46. The molecule has 0 radical (unpaired) electrons. The molecule has 2 heterocycles. The molecule has 2 saturated carbocycles. The van der Waals surface area contributed by atoms with Gasteiger partial charge in [0, 0.05) is 49.6 Å². The van der Waals surface area contributed by atoms with E-state index in [-0.39, 0.29) is 17.9 Å². The molecule has 1 aliphatic heterocycles. The Labute approximate surface area is 222 Å². The number of urea groups is 1. The molecule has 1 aromatic heterocycles. The summed E-state index contributed by atoms with van der Waals surface area (Å²) in [5.41, 5.74) is 4.85. The van der Waals surface area contributed by atoms with Crippen LogP contribution in [0.15, 0.2) is 65.6 Å². The van der Waals surface area contributed by atoms with Crippen LogP contribution in [-0.2, 0) is 24.3 Å². The van der Waals surface area contributed by atoms with E-state index < -0.39 is 11.2 Å². The molecular formula is C30H36N4O2S. The fourth-order valence-corrected chi connectivity index (χ4v) is 6.32. The Bertz CT molecular complexity index is 1220. The number of hydrogen-bond donors (Lipinski definition) is 1. The molecule has 2 amide bonds. The van der Waals surface area contributed by atoms with E-state index in [1.54, 1.807) is 0 Å². The van der Waals surface area contributed by atoms with Crippen molar-refractivity contribution in [3.8, 4) is 0 Å². The third kappa shape index (κ3) is 5.58. The van der Waals surface area contributed by atoms with Crippen LogP contribution in [0.3, 0.4) is 0 Å². The maximum absolute atomic E-state index is 13.3. The van der Waals surface area contributed by atoms with E-state index in [1.165, 1.54) is 42.6 Å². The first kappa shape index (κ1) is 24.6. The maximum Gasteiger partial charge on any atom is 0.317 e. The normalized spacial score (nSPS) is 22.3. The van der Waals surface area contributed by atoms with E-state index in [1.807, 2.05) is 36.1 Å². The van der Waals surface area contributed by atoms with Crippen LogP contribution in [0, 0.1) is 5.92 Å². The highest BCUT2D eigenvalue weighted by Gasteiger charge is 2.40. The average molecular weight is 517 g/mol. The van der Waals surface area contributed by atoms with Crippen molar-refractivity contribution in [1.29, 1.82) is 0 Å². The monoisotopic (exact) mass is 516 g/mol. The van der Waals surface area contributed by atoms with E-state index >= 15 is 0 Å². The summed E-state index contributed by atoms with van der Waals surface area (Å²) in [4.78, 5) is 16.1. The highest BCUT2D eigenvalue weighted by molar-refractivity contribution is 7.91. The molecule has 3 aromatic rings. The predicted octanol–water partition coefficient (Wildman–Crippen LogP) is 5.39. The third-order valence-electron chi connectivity index (χ3n) is 8.06. The van der Waals surface area contributed by atoms with Gasteiger partial charge in [-0.25, -0.2) is 4.79 Å². The van der Waals surface area contributed by atoms with Crippen LogP contribution < -0.4 is 5.32 Å². The molecule has 2 aromatic carbocycles. The van der Waals surface area contributed by atoms with Gasteiger partial charge in [0.05, 0.1) is 5.69 Å². The van der Waals surface area contributed by atoms with Crippen molar-refractivity contribution in [3.63, 3.8) is 0 Å². The average Bonchev–Trinajstić information content (AvgIpc) is 3.86. The summed E-state index contributed by atoms with van der Waals surface area (Å²) < 4.78 is 14.3. The molecule has 1 saturated heterocycles. The first-order valence-electron chi connectivity index (χ1n) is 13.7. The number of nitrogens with one attached hydrogen (secondary N) is 1. The van der Waals surface area contributed by atoms with E-state index in [4.69, 9.17) is 5.10 Å². The number of benzene rings is 2. The highest BCUT2D eigenvalue weighted by Crippen LogP contribution is 2.45. The molecule has 3 unspecified atom stereocenters. The topological polar surface area (TPSA) is 73.2 Å². The molecular weight excluding hydrogens is 480 g/mol. The van der Waals surface area contributed by atoms with Crippen LogP contribution in [0.2, 0.25) is 0 Å². The highest BCUT2D eigenvalue weighted by atomic mass is 32.2. The van der Waals surface area contributed by atoms with Gasteiger partial charge in [-0.2, -0.15) is 5.10 Å². The molecule has 1 N–H and O–H groups in total. The lowest BCUT2D eigenvalue weighted by molar-refractivity contribution is 0.207. The molecule has 2 aliphatic carbocycles. The minimum absolute atomic E-state index is 0.0275. The van der Waals surface area contributed by atoms with Crippen LogP contribution in [0.5, 0.6) is 0 Å². The molecule has 37 heavy (non-hydrogen) atoms. The van der Waals surface area contributed by atoms with Crippen LogP contribution in [0.4, 0.5) is 4.79 Å². The van der Waals surface area contributed by atoms with Crippen LogP contribution in [-0.4, -0.2) is 44.1 Å². The number of carbonyl (C=O) groups excluding carboxylic acids is 1. The quantitative estimate of drug-likeness (QED) is 0.388. The lowest BCUT2D eigenvalue weighted by Gasteiger charge is -2.20. The predicted molar refractivity (Wildman–Crippen MR) is 146 cm³/mol. The zero-order valence-corrected chi connectivity index (χ0v) is 22.3. The van der Waals surface area contributed by atoms with E-state index in [0.29, 0.717) is 31.3 Å². The summed E-state index contributed by atoms with van der Waals surface area (Å²) in [6.45, 7) is 4.77. The first-order valence-corrected chi connectivity index (χ1v) is 15.0. The maximum atomic E-state index is 13.3. The van der Waals surface area contributed by atoms with Gasteiger partial charge in [-0.3, -0.25) is 4.68 Å². The van der Waals surface area contributed by atoms with Gasteiger partial charge in [-0.05, 0) is 79.0 Å². The van der Waals surface area contributed by atoms with Crippen molar-refractivity contribution in [3.05, 3.63) is 83.2 Å². The molecule has 7 heteroatoms. The zero-order chi connectivity index (χ0) is 25.4. The van der Waals surface area contributed by atoms with Crippen LogP contribution in [0.1, 0.15) is 72.9 Å². The Balaban J connectivity index is 1.20. The van der Waals surface area contributed by atoms with Crippen molar-refractivity contribution in [2.24, 2.45) is 5.92 Å². The lowest BCUT2D eigenvalue weighted by Crippen LogP contribution is -2.38. The van der Waals surface area contributed by atoms with E-state index in [2.05, 4.69) is 46.4 Å². The van der Waals surface area contributed by atoms with Crippen molar-refractivity contribution < 1.29 is 9.35 Å². The number of nitrogens with zero attached hydrogens (tertiary/aromatic N) is 3. The third-order valence-corrected chi connectivity index (χ3v) is 9.38. The van der Waals surface area contributed by atoms with Gasteiger partial charge < -0.3 is 14.8 Å². The summed E-state index contributed by atoms with van der Waals surface area (Å²) in [5, 5.41) is 8.20. The Morgan fingerprint density at radius 3 is 2.43 bits per heavy atom. The molecule has 0 spiro atoms. The van der Waals surface area contributed by atoms with Gasteiger partial charge in [0.25, 0.3) is 0 Å². The Hall–Kier alpha value is -2.77. The summed E-state index contributed by atoms with van der Waals surface area (Å²) in [6.07, 6.45) is 5.09. The Kier molecular flexibility index (Phi) is 7.00. The molecule has 6 nitrogen and oxygen atoms in total. The zero-order valence-electron chi connectivity index (χ0n) is 21.5. The van der Waals surface area contributed by atoms with Gasteiger partial charge in [0.15, 0.2) is 4.90 Å². The standard InChI is InChI=1S/C30H36N4O2S/c1-2-37(36)25-14-10-21(11-15-25)17-31-30(35)33-19-26(23-6-4-3-5-7-23)27(20-33)29-16-28(24-12-13-24)32-34(29)18-22-8-9-22/h3-7,10-11,14-16,22,24,26-27H,2,8-9,12-13,17-20H2,1H3,(H,31,35). The number of likely N-dealkylation sites (tertiary alicyclic amines) is 1. The second-order valence-corrected chi connectivity index (χ2v) is 12.6.